The van der Waals surface area contributed by atoms with E-state index in [1.165, 1.54) is 16.1 Å². The topological polar surface area (TPSA) is 85.2 Å². The number of halogens is 1. The highest BCUT2D eigenvalue weighted by Gasteiger charge is 2.28. The first-order chi connectivity index (χ1) is 17.4. The van der Waals surface area contributed by atoms with Gasteiger partial charge in [-0.1, -0.05) is 53.7 Å². The van der Waals surface area contributed by atoms with E-state index in [2.05, 4.69) is 10.2 Å². The number of hydrogen-bond donors (Lipinski definition) is 0. The second-order valence-corrected chi connectivity index (χ2v) is 11.7. The van der Waals surface area contributed by atoms with E-state index in [1.807, 2.05) is 41.0 Å². The lowest BCUT2D eigenvalue weighted by Crippen LogP contribution is -2.27. The monoisotopic (exact) mass is 538 g/mol. The van der Waals surface area contributed by atoms with Crippen molar-refractivity contribution in [3.8, 4) is 17.1 Å². The predicted molar refractivity (Wildman–Crippen MR) is 141 cm³/mol. The maximum atomic E-state index is 13.1. The lowest BCUT2D eigenvalue weighted by molar-refractivity contribution is 0.102. The highest BCUT2D eigenvalue weighted by Crippen LogP contribution is 2.30. The molecule has 5 rings (SSSR count). The molecule has 0 saturated carbocycles. The van der Waals surface area contributed by atoms with Crippen molar-refractivity contribution in [2.24, 2.45) is 0 Å². The molecule has 1 fully saturated rings. The lowest BCUT2D eigenvalue weighted by Gasteiger charge is -2.16. The second kappa shape index (κ2) is 10.6. The van der Waals surface area contributed by atoms with Gasteiger partial charge in [-0.3, -0.25) is 9.36 Å². The Labute approximate surface area is 219 Å². The van der Waals surface area contributed by atoms with Crippen LogP contribution < -0.4 is 0 Å². The van der Waals surface area contributed by atoms with Gasteiger partial charge in [0.15, 0.2) is 16.8 Å². The van der Waals surface area contributed by atoms with Gasteiger partial charge >= 0.3 is 0 Å². The average Bonchev–Trinajstić information content (AvgIpc) is 3.59. The van der Waals surface area contributed by atoms with Crippen molar-refractivity contribution in [1.82, 2.24) is 19.1 Å². The Hall–Kier alpha value is -2.98. The van der Waals surface area contributed by atoms with E-state index in [1.54, 1.807) is 42.5 Å². The Morgan fingerprint density at radius 3 is 2.36 bits per heavy atom. The molecule has 0 amide bonds. The summed E-state index contributed by atoms with van der Waals surface area (Å²) < 4.78 is 29.7. The minimum atomic E-state index is -3.58. The second-order valence-electron chi connectivity index (χ2n) is 8.33. The number of para-hydroxylation sites is 1. The number of Topliss-reactive ketones (excluding diaryl/α,β-unsaturated/α-hetero) is 1. The number of hydrogen-bond acceptors (Lipinski definition) is 6. The lowest BCUT2D eigenvalue weighted by atomic mass is 10.1. The van der Waals surface area contributed by atoms with Gasteiger partial charge in [0.05, 0.1) is 10.6 Å². The molecule has 36 heavy (non-hydrogen) atoms. The largest absolute Gasteiger partial charge is 0.293 e. The van der Waals surface area contributed by atoms with Gasteiger partial charge in [0, 0.05) is 34.9 Å². The summed E-state index contributed by atoms with van der Waals surface area (Å²) in [6.45, 7) is 1.07. The summed E-state index contributed by atoms with van der Waals surface area (Å²) in [5.74, 6) is 0.608. The molecule has 10 heteroatoms. The average molecular weight is 539 g/mol. The standard InChI is InChI=1S/C26H23ClN4O3S2/c27-21-13-11-19(12-14-21)24(32)18-35-26-29-28-25(31(26)22-8-2-1-3-9-22)20-7-6-10-23(17-20)36(33,34)30-15-4-5-16-30/h1-3,6-14,17H,4-5,15-16,18H2. The van der Waals surface area contributed by atoms with E-state index in [4.69, 9.17) is 11.6 Å². The fourth-order valence-corrected chi connectivity index (χ4v) is 6.62. The van der Waals surface area contributed by atoms with Gasteiger partial charge in [-0.05, 0) is 61.4 Å². The molecule has 1 saturated heterocycles. The van der Waals surface area contributed by atoms with Crippen molar-refractivity contribution in [1.29, 1.82) is 0 Å². The Morgan fingerprint density at radius 2 is 1.64 bits per heavy atom. The third-order valence-corrected chi connectivity index (χ3v) is 9.02. The smallest absolute Gasteiger partial charge is 0.243 e. The van der Waals surface area contributed by atoms with Crippen LogP contribution >= 0.6 is 23.4 Å². The SMILES string of the molecule is O=C(CSc1nnc(-c2cccc(S(=O)(=O)N3CCCC3)c2)n1-c1ccccc1)c1ccc(Cl)cc1. The minimum absolute atomic E-state index is 0.0560. The van der Waals surface area contributed by atoms with Crippen LogP contribution in [0.3, 0.4) is 0 Å². The number of sulfonamides is 1. The van der Waals surface area contributed by atoms with Crippen LogP contribution in [-0.4, -0.2) is 52.1 Å². The van der Waals surface area contributed by atoms with Gasteiger partial charge < -0.3 is 0 Å². The highest BCUT2D eigenvalue weighted by molar-refractivity contribution is 7.99. The van der Waals surface area contributed by atoms with Crippen LogP contribution in [0.1, 0.15) is 23.2 Å². The zero-order valence-electron chi connectivity index (χ0n) is 19.2. The molecule has 0 N–H and O–H groups in total. The van der Waals surface area contributed by atoms with Crippen molar-refractivity contribution in [3.63, 3.8) is 0 Å². The molecule has 4 aromatic rings. The van der Waals surface area contributed by atoms with Gasteiger partial charge in [0.2, 0.25) is 10.0 Å². The third-order valence-electron chi connectivity index (χ3n) is 5.94. The van der Waals surface area contributed by atoms with Gasteiger partial charge in [0.1, 0.15) is 0 Å². The van der Waals surface area contributed by atoms with Gasteiger partial charge in [-0.2, -0.15) is 4.31 Å². The van der Waals surface area contributed by atoms with Gasteiger partial charge in [0.25, 0.3) is 0 Å². The predicted octanol–water partition coefficient (Wildman–Crippen LogP) is 5.35. The van der Waals surface area contributed by atoms with Crippen molar-refractivity contribution in [2.45, 2.75) is 22.9 Å². The molecule has 1 aliphatic rings. The summed E-state index contributed by atoms with van der Waals surface area (Å²) in [4.78, 5) is 13.0. The normalized spacial score (nSPS) is 14.2. The number of carbonyl (C=O) groups excluding carboxylic acids is 1. The van der Waals surface area contributed by atoms with Crippen molar-refractivity contribution < 1.29 is 13.2 Å². The van der Waals surface area contributed by atoms with E-state index in [-0.39, 0.29) is 16.4 Å². The molecule has 184 valence electrons. The number of carbonyl (C=O) groups is 1. The van der Waals surface area contributed by atoms with Crippen molar-refractivity contribution >= 4 is 39.2 Å². The molecular weight excluding hydrogens is 516 g/mol. The van der Waals surface area contributed by atoms with E-state index >= 15 is 0 Å². The fourth-order valence-electron chi connectivity index (χ4n) is 4.08. The molecule has 0 atom stereocenters. The quantitative estimate of drug-likeness (QED) is 0.222. The summed E-state index contributed by atoms with van der Waals surface area (Å²) >= 11 is 7.21. The molecule has 0 bridgehead atoms. The molecule has 1 aromatic heterocycles. The first-order valence-electron chi connectivity index (χ1n) is 11.5. The van der Waals surface area contributed by atoms with Crippen LogP contribution in [0, 0.1) is 0 Å². The first kappa shape index (κ1) is 24.7. The summed E-state index contributed by atoms with van der Waals surface area (Å²) in [5.41, 5.74) is 2.01. The van der Waals surface area contributed by atoms with E-state index in [0.29, 0.717) is 40.2 Å². The molecule has 0 aliphatic carbocycles. The zero-order chi connectivity index (χ0) is 25.1. The van der Waals surface area contributed by atoms with Crippen LogP contribution in [0.5, 0.6) is 0 Å². The molecule has 0 unspecified atom stereocenters. The summed E-state index contributed by atoms with van der Waals surface area (Å²) in [6, 6.07) is 23.1. The first-order valence-corrected chi connectivity index (χ1v) is 14.3. The minimum Gasteiger partial charge on any atom is -0.293 e. The molecule has 2 heterocycles. The highest BCUT2D eigenvalue weighted by atomic mass is 35.5. The Bertz CT molecular complexity index is 1480. The van der Waals surface area contributed by atoms with Crippen LogP contribution in [0.25, 0.3) is 17.1 Å². The van der Waals surface area contributed by atoms with E-state index < -0.39 is 10.0 Å². The fraction of sp³-hybridized carbons (Fsp3) is 0.192. The summed E-state index contributed by atoms with van der Waals surface area (Å²) in [6.07, 6.45) is 1.74. The Kier molecular flexibility index (Phi) is 7.25. The summed E-state index contributed by atoms with van der Waals surface area (Å²) in [7, 11) is -3.58. The number of aromatic nitrogens is 3. The van der Waals surface area contributed by atoms with Crippen LogP contribution in [0.2, 0.25) is 5.02 Å². The van der Waals surface area contributed by atoms with Gasteiger partial charge in [-0.25, -0.2) is 8.42 Å². The van der Waals surface area contributed by atoms with Gasteiger partial charge in [-0.15, -0.1) is 10.2 Å². The van der Waals surface area contributed by atoms with Crippen molar-refractivity contribution in [3.05, 3.63) is 89.4 Å². The summed E-state index contributed by atoms with van der Waals surface area (Å²) in [5, 5.41) is 9.87. The molecule has 7 nitrogen and oxygen atoms in total. The maximum absolute atomic E-state index is 13.1. The molecule has 0 spiro atoms. The van der Waals surface area contributed by atoms with Crippen LogP contribution in [-0.2, 0) is 10.0 Å². The number of nitrogens with zero attached hydrogens (tertiary/aromatic N) is 4. The third kappa shape index (κ3) is 5.10. The zero-order valence-corrected chi connectivity index (χ0v) is 21.6. The molecule has 1 aliphatic heterocycles. The van der Waals surface area contributed by atoms with Crippen LogP contribution in [0.4, 0.5) is 0 Å². The number of benzene rings is 3. The Balaban J connectivity index is 1.49. The molecular formula is C26H23ClN4O3S2. The van der Waals surface area contributed by atoms with Crippen molar-refractivity contribution in [2.75, 3.05) is 18.8 Å². The number of rotatable bonds is 8. The number of thioether (sulfide) groups is 1. The maximum Gasteiger partial charge on any atom is 0.243 e. The van der Waals surface area contributed by atoms with E-state index in [9.17, 15) is 13.2 Å². The Morgan fingerprint density at radius 1 is 0.917 bits per heavy atom. The molecule has 0 radical (unpaired) electrons. The van der Waals surface area contributed by atoms with Crippen LogP contribution in [0.15, 0.2) is 88.9 Å². The number of ketones is 1. The van der Waals surface area contributed by atoms with E-state index in [0.717, 1.165) is 18.5 Å². The molecule has 3 aromatic carbocycles.